The number of hydrogen-bond donors (Lipinski definition) is 0. The van der Waals surface area contributed by atoms with E-state index in [4.69, 9.17) is 21.1 Å². The first kappa shape index (κ1) is 25.0. The lowest BCUT2D eigenvalue weighted by Gasteiger charge is -2.15. The van der Waals surface area contributed by atoms with Gasteiger partial charge in [-0.1, -0.05) is 11.6 Å². The maximum Gasteiger partial charge on any atom is 0.431 e. The summed E-state index contributed by atoms with van der Waals surface area (Å²) in [6, 6.07) is 1.23. The second-order valence-corrected chi connectivity index (χ2v) is 7.17. The third-order valence-corrected chi connectivity index (χ3v) is 4.84. The maximum absolute atomic E-state index is 14.6. The molecule has 1 aromatic carbocycles. The third kappa shape index (κ3) is 4.81. The Morgan fingerprint density at radius 1 is 1.24 bits per heavy atom. The van der Waals surface area contributed by atoms with E-state index in [-0.39, 0.29) is 32.5 Å². The van der Waals surface area contributed by atoms with Crippen molar-refractivity contribution in [3.63, 3.8) is 0 Å². The Morgan fingerprint density at radius 2 is 1.91 bits per heavy atom. The lowest BCUT2D eigenvalue weighted by Crippen LogP contribution is -2.41. The third-order valence-electron chi connectivity index (χ3n) is 4.53. The minimum atomic E-state index is -5.00. The van der Waals surface area contributed by atoms with E-state index in [2.05, 4.69) is 4.99 Å². The molecule has 3 rings (SSSR count). The number of amidine groups is 1. The topological polar surface area (TPSA) is 112 Å². The highest BCUT2D eigenvalue weighted by Gasteiger charge is 2.35. The Balaban J connectivity index is 2.12. The van der Waals surface area contributed by atoms with Crippen LogP contribution in [0.4, 0.5) is 23.2 Å². The summed E-state index contributed by atoms with van der Waals surface area (Å²) in [6.07, 6.45) is -5.00. The van der Waals surface area contributed by atoms with Crippen LogP contribution in [0.3, 0.4) is 0 Å². The summed E-state index contributed by atoms with van der Waals surface area (Å²) in [4.78, 5) is 53.4. The van der Waals surface area contributed by atoms with Crippen LogP contribution < -0.4 is 11.2 Å². The van der Waals surface area contributed by atoms with Crippen molar-refractivity contribution in [2.24, 2.45) is 12.0 Å². The first-order valence-corrected chi connectivity index (χ1v) is 9.80. The monoisotopic (exact) mass is 506 g/mol. The average Bonchev–Trinajstić information content (AvgIpc) is 3.06. The van der Waals surface area contributed by atoms with Crippen LogP contribution in [0.2, 0.25) is 5.02 Å². The summed E-state index contributed by atoms with van der Waals surface area (Å²) in [6.45, 7) is 0.597. The molecule has 0 unspecified atom stereocenters. The van der Waals surface area contributed by atoms with Gasteiger partial charge in [-0.3, -0.25) is 23.9 Å². The molecule has 1 fully saturated rings. The van der Waals surface area contributed by atoms with E-state index in [9.17, 15) is 36.7 Å². The normalized spacial score (nSPS) is 15.1. The van der Waals surface area contributed by atoms with Crippen LogP contribution in [0, 0.1) is 5.82 Å². The molecule has 0 saturated carbocycles. The second kappa shape index (κ2) is 9.29. The lowest BCUT2D eigenvalue weighted by molar-refractivity contribution is -0.146. The fourth-order valence-electron chi connectivity index (χ4n) is 2.98. The highest BCUT2D eigenvalue weighted by Crippen LogP contribution is 2.31. The first-order chi connectivity index (χ1) is 15.8. The second-order valence-electron chi connectivity index (χ2n) is 6.77. The summed E-state index contributed by atoms with van der Waals surface area (Å²) in [7, 11) is 0.765. The number of ether oxygens (including phenoxy) is 2. The van der Waals surface area contributed by atoms with Gasteiger partial charge in [0, 0.05) is 13.1 Å². The molecule has 2 heterocycles. The molecule has 0 bridgehead atoms. The first-order valence-electron chi connectivity index (χ1n) is 9.42. The fraction of sp³-hybridized carbons (Fsp3) is 0.316. The van der Waals surface area contributed by atoms with Crippen LogP contribution in [0.25, 0.3) is 5.69 Å². The Hall–Kier alpha value is -3.68. The molecule has 0 spiro atoms. The van der Waals surface area contributed by atoms with Gasteiger partial charge in [0.1, 0.15) is 18.1 Å². The number of aliphatic imine (C=N–C) groups is 1. The molecule has 1 aliphatic rings. The highest BCUT2D eigenvalue weighted by atomic mass is 35.5. The number of benzene rings is 1. The number of hydrogen-bond acceptors (Lipinski definition) is 7. The van der Waals surface area contributed by atoms with Gasteiger partial charge in [-0.05, 0) is 19.1 Å². The van der Waals surface area contributed by atoms with Gasteiger partial charge in [0.15, 0.2) is 6.61 Å². The average molecular weight is 507 g/mol. The molecule has 1 aromatic heterocycles. The zero-order valence-electron chi connectivity index (χ0n) is 17.5. The number of aromatic nitrogens is 2. The van der Waals surface area contributed by atoms with Crippen LogP contribution in [-0.4, -0.2) is 51.7 Å². The smallest absolute Gasteiger partial charge is 0.431 e. The van der Waals surface area contributed by atoms with Crippen LogP contribution in [0.15, 0.2) is 32.8 Å². The van der Waals surface area contributed by atoms with E-state index in [1.165, 1.54) is 0 Å². The molecule has 15 heteroatoms. The summed E-state index contributed by atoms with van der Waals surface area (Å²) in [5.41, 5.74) is -5.50. The number of esters is 1. The van der Waals surface area contributed by atoms with Gasteiger partial charge < -0.3 is 9.47 Å². The van der Waals surface area contributed by atoms with Crippen LogP contribution in [0.1, 0.15) is 12.6 Å². The van der Waals surface area contributed by atoms with Crippen LogP contribution in [-0.2, 0) is 32.3 Å². The van der Waals surface area contributed by atoms with E-state index in [0.29, 0.717) is 6.07 Å². The summed E-state index contributed by atoms with van der Waals surface area (Å²) in [5.74, 6) is -2.61. The van der Waals surface area contributed by atoms with Crippen molar-refractivity contribution in [3.8, 4) is 5.69 Å². The Kier molecular flexibility index (Phi) is 6.82. The maximum atomic E-state index is 14.6. The molecule has 182 valence electrons. The molecular formula is C19H15ClF4N4O6. The molecule has 0 radical (unpaired) electrons. The standard InChI is InChI=1S/C19H15ClF4N4O6/c1-3-33-16(31)7-27-15(30)8-34-17(27)25-11-5-12(10(21)4-9(11)20)28-14(29)6-13(19(22,23)24)26(2)18(28)32/h4-6H,3,7-8H2,1-2H3/b25-17-. The van der Waals surface area contributed by atoms with Gasteiger partial charge in [0.25, 0.3) is 11.5 Å². The lowest BCUT2D eigenvalue weighted by atomic mass is 10.2. The number of nitrogens with zero attached hydrogens (tertiary/aromatic N) is 4. The SMILES string of the molecule is CCOC(=O)CN1C(=O)CO/C1=N\c1cc(-n2c(=O)cc(C(F)(F)F)n(C)c2=O)c(F)cc1Cl. The van der Waals surface area contributed by atoms with E-state index in [0.717, 1.165) is 18.0 Å². The Labute approximate surface area is 192 Å². The quantitative estimate of drug-likeness (QED) is 0.451. The van der Waals surface area contributed by atoms with Crippen molar-refractivity contribution in [1.29, 1.82) is 0 Å². The van der Waals surface area contributed by atoms with Crippen LogP contribution >= 0.6 is 11.6 Å². The molecule has 2 aromatic rings. The number of amides is 1. The Bertz CT molecular complexity index is 1320. The largest absolute Gasteiger partial charge is 0.465 e. The molecule has 0 aliphatic carbocycles. The summed E-state index contributed by atoms with van der Waals surface area (Å²) < 4.78 is 64.1. The molecule has 1 amide bonds. The van der Waals surface area contributed by atoms with Gasteiger partial charge in [-0.25, -0.2) is 13.8 Å². The van der Waals surface area contributed by atoms with Gasteiger partial charge in [0.2, 0.25) is 0 Å². The van der Waals surface area contributed by atoms with Gasteiger partial charge in [-0.15, -0.1) is 0 Å². The van der Waals surface area contributed by atoms with E-state index in [1.54, 1.807) is 6.92 Å². The molecule has 34 heavy (non-hydrogen) atoms. The Morgan fingerprint density at radius 3 is 2.53 bits per heavy atom. The number of carbonyl (C=O) groups excluding carboxylic acids is 2. The zero-order chi connectivity index (χ0) is 25.4. The van der Waals surface area contributed by atoms with Crippen molar-refractivity contribution in [2.75, 3.05) is 19.8 Å². The van der Waals surface area contributed by atoms with Crippen molar-refractivity contribution in [3.05, 3.63) is 55.6 Å². The molecule has 0 atom stereocenters. The predicted molar refractivity (Wildman–Crippen MR) is 109 cm³/mol. The van der Waals surface area contributed by atoms with Crippen molar-refractivity contribution < 1.29 is 36.6 Å². The zero-order valence-corrected chi connectivity index (χ0v) is 18.2. The summed E-state index contributed by atoms with van der Waals surface area (Å²) >= 11 is 5.99. The predicted octanol–water partition coefficient (Wildman–Crippen LogP) is 1.76. The van der Waals surface area contributed by atoms with Gasteiger partial charge >= 0.3 is 23.9 Å². The minimum Gasteiger partial charge on any atom is -0.465 e. The number of halogens is 5. The van der Waals surface area contributed by atoms with Crippen molar-refractivity contribution >= 4 is 35.2 Å². The minimum absolute atomic E-state index is 0.0538. The number of carbonyl (C=O) groups is 2. The number of rotatable bonds is 5. The highest BCUT2D eigenvalue weighted by molar-refractivity contribution is 6.33. The molecular weight excluding hydrogens is 492 g/mol. The van der Waals surface area contributed by atoms with Crippen LogP contribution in [0.5, 0.6) is 0 Å². The van der Waals surface area contributed by atoms with E-state index < -0.39 is 65.7 Å². The molecule has 1 aliphatic heterocycles. The molecule has 1 saturated heterocycles. The summed E-state index contributed by atoms with van der Waals surface area (Å²) in [5, 5.41) is -0.343. The fourth-order valence-corrected chi connectivity index (χ4v) is 3.17. The number of alkyl halides is 3. The molecule has 0 N–H and O–H groups in total. The van der Waals surface area contributed by atoms with Crippen molar-refractivity contribution in [2.45, 2.75) is 13.1 Å². The van der Waals surface area contributed by atoms with E-state index >= 15 is 0 Å². The van der Waals surface area contributed by atoms with E-state index in [1.807, 2.05) is 0 Å². The van der Waals surface area contributed by atoms with Gasteiger partial charge in [0.05, 0.1) is 23.0 Å². The van der Waals surface area contributed by atoms with Crippen molar-refractivity contribution in [1.82, 2.24) is 14.0 Å². The molecule has 10 nitrogen and oxygen atoms in total. The van der Waals surface area contributed by atoms with Gasteiger partial charge in [-0.2, -0.15) is 18.2 Å².